The fourth-order valence-electron chi connectivity index (χ4n) is 3.70. The lowest BCUT2D eigenvalue weighted by Crippen LogP contribution is -3.00. The number of carbonyl (C=O) groups is 1. The summed E-state index contributed by atoms with van der Waals surface area (Å²) in [7, 11) is 0. The van der Waals surface area contributed by atoms with Crippen LogP contribution in [0.4, 0.5) is 4.39 Å². The number of ether oxygens (including phenoxy) is 1. The van der Waals surface area contributed by atoms with Gasteiger partial charge in [0.25, 0.3) is 0 Å². The predicted molar refractivity (Wildman–Crippen MR) is 109 cm³/mol. The van der Waals surface area contributed by atoms with Gasteiger partial charge in [-0.3, -0.25) is 0 Å². The summed E-state index contributed by atoms with van der Waals surface area (Å²) in [6.45, 7) is 0. The Labute approximate surface area is 184 Å². The van der Waals surface area contributed by atoms with Gasteiger partial charge in [-0.05, 0) is 41.8 Å². The summed E-state index contributed by atoms with van der Waals surface area (Å²) in [5.41, 5.74) is 5.86. The van der Waals surface area contributed by atoms with Gasteiger partial charge in [0, 0.05) is 24.0 Å². The monoisotopic (exact) mass is 447 g/mol. The Kier molecular flexibility index (Phi) is 6.36. The number of para-hydroxylation sites is 1. The van der Waals surface area contributed by atoms with E-state index in [4.69, 9.17) is 16.3 Å². The summed E-state index contributed by atoms with van der Waals surface area (Å²) < 4.78 is 20.6. The molecule has 0 spiro atoms. The fraction of sp³-hybridized carbons (Fsp3) is 0.174. The maximum absolute atomic E-state index is 14.5. The van der Waals surface area contributed by atoms with Crippen molar-refractivity contribution in [3.63, 3.8) is 0 Å². The van der Waals surface area contributed by atoms with Crippen LogP contribution in [0.25, 0.3) is 11.1 Å². The fourth-order valence-corrected chi connectivity index (χ4v) is 3.88. The third-order valence-corrected chi connectivity index (χ3v) is 5.68. The molecule has 0 aromatic heterocycles. The van der Waals surface area contributed by atoms with Crippen LogP contribution >= 0.6 is 11.6 Å². The highest BCUT2D eigenvalue weighted by molar-refractivity contribution is 6.31. The summed E-state index contributed by atoms with van der Waals surface area (Å²) >= 11 is 5.94. The van der Waals surface area contributed by atoms with Crippen molar-refractivity contribution >= 4 is 17.6 Å². The molecule has 3 aromatic carbocycles. The van der Waals surface area contributed by atoms with Crippen molar-refractivity contribution in [2.45, 2.75) is 24.8 Å². The van der Waals surface area contributed by atoms with Crippen molar-refractivity contribution < 1.29 is 37.2 Å². The molecule has 4 N–H and O–H groups in total. The van der Waals surface area contributed by atoms with Crippen LogP contribution < -0.4 is 22.9 Å². The summed E-state index contributed by atoms with van der Waals surface area (Å²) in [5.74, 6) is -0.341. The molecule has 1 aliphatic rings. The quantitative estimate of drug-likeness (QED) is 0.636. The van der Waals surface area contributed by atoms with Gasteiger partial charge in [-0.25, -0.2) is 9.18 Å². The van der Waals surface area contributed by atoms with Gasteiger partial charge in [0.15, 0.2) is 5.54 Å². The minimum absolute atomic E-state index is 0. The molecule has 1 unspecified atom stereocenters. The van der Waals surface area contributed by atoms with Crippen molar-refractivity contribution in [3.8, 4) is 22.6 Å². The highest BCUT2D eigenvalue weighted by Gasteiger charge is 2.41. The Morgan fingerprint density at radius 3 is 2.57 bits per heavy atom. The Bertz CT molecular complexity index is 1110. The minimum atomic E-state index is -1.02. The second-order valence-electron chi connectivity index (χ2n) is 7.39. The number of quaternary nitrogens is 1. The third kappa shape index (κ3) is 4.15. The van der Waals surface area contributed by atoms with Gasteiger partial charge in [0.2, 0.25) is 0 Å². The van der Waals surface area contributed by atoms with E-state index in [0.717, 1.165) is 11.1 Å². The smallest absolute Gasteiger partial charge is 0.365 e. The molecule has 0 heterocycles. The van der Waals surface area contributed by atoms with Crippen molar-refractivity contribution in [3.05, 3.63) is 82.6 Å². The molecule has 0 aliphatic heterocycles. The third-order valence-electron chi connectivity index (χ3n) is 5.39. The number of halogens is 3. The van der Waals surface area contributed by atoms with Crippen molar-refractivity contribution in [2.75, 3.05) is 0 Å². The molecule has 7 heteroatoms. The maximum Gasteiger partial charge on any atom is 0.365 e. The normalized spacial score (nSPS) is 17.6. The van der Waals surface area contributed by atoms with Crippen LogP contribution in [0.15, 0.2) is 60.7 Å². The molecule has 0 saturated carbocycles. The molecule has 4 nitrogen and oxygen atoms in total. The minimum Gasteiger partial charge on any atom is -1.00 e. The topological polar surface area (TPSA) is 74.2 Å². The Morgan fingerprint density at radius 1 is 1.07 bits per heavy atom. The highest BCUT2D eigenvalue weighted by atomic mass is 35.5. The van der Waals surface area contributed by atoms with Crippen LogP contribution in [-0.4, -0.2) is 16.6 Å². The van der Waals surface area contributed by atoms with Gasteiger partial charge in [0.05, 0.1) is 5.02 Å². The van der Waals surface area contributed by atoms with Crippen molar-refractivity contribution in [1.82, 2.24) is 0 Å². The molecular weight excluding hydrogens is 428 g/mol. The Morgan fingerprint density at radius 2 is 1.80 bits per heavy atom. The highest BCUT2D eigenvalue weighted by Crippen LogP contribution is 2.37. The molecular formula is C23H20Cl2FNO3. The number of hydrogen-bond acceptors (Lipinski definition) is 2. The van der Waals surface area contributed by atoms with Crippen LogP contribution in [0.2, 0.25) is 5.02 Å². The van der Waals surface area contributed by atoms with Gasteiger partial charge in [-0.2, -0.15) is 0 Å². The van der Waals surface area contributed by atoms with E-state index in [-0.39, 0.29) is 17.4 Å². The van der Waals surface area contributed by atoms with Crippen molar-refractivity contribution in [1.29, 1.82) is 0 Å². The number of aryl methyl sites for hydroxylation is 1. The van der Waals surface area contributed by atoms with Crippen LogP contribution in [-0.2, 0) is 17.6 Å². The van der Waals surface area contributed by atoms with Gasteiger partial charge in [-0.1, -0.05) is 48.0 Å². The second-order valence-corrected chi connectivity index (χ2v) is 7.80. The molecule has 1 atom stereocenters. The van der Waals surface area contributed by atoms with E-state index >= 15 is 0 Å². The zero-order chi connectivity index (χ0) is 20.6. The second kappa shape index (κ2) is 8.64. The van der Waals surface area contributed by atoms with Crippen LogP contribution in [0.1, 0.15) is 17.5 Å². The standard InChI is InChI=1S/C23H19ClFNO3.ClH/c24-19-6-3-5-18(21(19)25)17-4-1-2-7-20(17)29-16-9-8-14-10-11-23(26,22(27)28)13-15(14)12-16;/h1-9,12H,10-11,13,26H2,(H,27,28);1H. The van der Waals surface area contributed by atoms with Crippen LogP contribution in [0.3, 0.4) is 0 Å². The average Bonchev–Trinajstić information content (AvgIpc) is 2.70. The molecule has 0 radical (unpaired) electrons. The molecule has 30 heavy (non-hydrogen) atoms. The van der Waals surface area contributed by atoms with Gasteiger partial charge >= 0.3 is 5.97 Å². The van der Waals surface area contributed by atoms with Gasteiger partial charge < -0.3 is 28.0 Å². The molecule has 0 amide bonds. The number of benzene rings is 3. The van der Waals surface area contributed by atoms with Crippen molar-refractivity contribution in [2.24, 2.45) is 0 Å². The Balaban J connectivity index is 0.00000256. The molecule has 156 valence electrons. The first kappa shape index (κ1) is 22.1. The van der Waals surface area contributed by atoms with Crippen LogP contribution in [0, 0.1) is 5.82 Å². The van der Waals surface area contributed by atoms with E-state index in [9.17, 15) is 14.3 Å². The van der Waals surface area contributed by atoms with E-state index in [0.29, 0.717) is 41.9 Å². The average molecular weight is 448 g/mol. The first-order chi connectivity index (χ1) is 13.9. The lowest BCUT2D eigenvalue weighted by molar-refractivity contribution is -0.464. The number of carboxylic acids is 1. The zero-order valence-electron chi connectivity index (χ0n) is 16.0. The summed E-state index contributed by atoms with van der Waals surface area (Å²) in [5, 5.41) is 9.55. The maximum atomic E-state index is 14.5. The number of carboxylic acid groups (broad SMARTS) is 1. The first-order valence-corrected chi connectivity index (χ1v) is 9.67. The number of aliphatic carboxylic acids is 1. The molecule has 0 saturated heterocycles. The molecule has 4 rings (SSSR count). The molecule has 3 aromatic rings. The number of hydrogen-bond donors (Lipinski definition) is 2. The largest absolute Gasteiger partial charge is 1.00 e. The summed E-state index contributed by atoms with van der Waals surface area (Å²) in [6.07, 6.45) is 1.52. The lowest BCUT2D eigenvalue weighted by atomic mass is 9.78. The Hall–Kier alpha value is -2.60. The van der Waals surface area contributed by atoms with Crippen LogP contribution in [0.5, 0.6) is 11.5 Å². The summed E-state index contributed by atoms with van der Waals surface area (Å²) in [4.78, 5) is 11.6. The van der Waals surface area contributed by atoms with E-state index in [2.05, 4.69) is 5.73 Å². The SMILES string of the molecule is [Cl-].[NH3+]C1(C(=O)O)CCc2ccc(Oc3ccccc3-c3cccc(Cl)c3F)cc2C1. The number of fused-ring (bicyclic) bond motifs is 1. The predicted octanol–water partition coefficient (Wildman–Crippen LogP) is 1.50. The number of rotatable bonds is 4. The van der Waals surface area contributed by atoms with E-state index in [1.54, 1.807) is 30.3 Å². The van der Waals surface area contributed by atoms with Gasteiger partial charge in [0.1, 0.15) is 17.3 Å². The van der Waals surface area contributed by atoms with E-state index < -0.39 is 17.3 Å². The molecule has 0 fully saturated rings. The lowest BCUT2D eigenvalue weighted by Gasteiger charge is -2.28. The molecule has 1 aliphatic carbocycles. The first-order valence-electron chi connectivity index (χ1n) is 9.29. The van der Waals surface area contributed by atoms with Gasteiger partial charge in [-0.15, -0.1) is 0 Å². The summed E-state index contributed by atoms with van der Waals surface area (Å²) in [6, 6.07) is 17.6. The zero-order valence-corrected chi connectivity index (χ0v) is 17.5. The van der Waals surface area contributed by atoms with E-state index in [1.807, 2.05) is 24.3 Å². The molecule has 0 bridgehead atoms. The van der Waals surface area contributed by atoms with E-state index in [1.165, 1.54) is 6.07 Å².